The van der Waals surface area contributed by atoms with Crippen molar-refractivity contribution in [3.63, 3.8) is 0 Å². The Hall–Kier alpha value is -1.56. The van der Waals surface area contributed by atoms with E-state index in [9.17, 15) is 0 Å². The smallest absolute Gasteiger partial charge is 0.457 e. The van der Waals surface area contributed by atoms with Crippen molar-refractivity contribution in [2.24, 2.45) is 0 Å². The van der Waals surface area contributed by atoms with Crippen LogP contribution in [0.2, 0.25) is 5.02 Å². The van der Waals surface area contributed by atoms with Crippen molar-refractivity contribution < 1.29 is 14.0 Å². The van der Waals surface area contributed by atoms with Gasteiger partial charge in [0.2, 0.25) is 0 Å². The Bertz CT molecular complexity index is 690. The molecular formula is C17H19BClNO3. The molecule has 2 aromatic rings. The fourth-order valence-electron chi connectivity index (χ4n) is 2.27. The van der Waals surface area contributed by atoms with Gasteiger partial charge in [0.25, 0.3) is 0 Å². The lowest BCUT2D eigenvalue weighted by molar-refractivity contribution is 0.00578. The average molecular weight is 332 g/mol. The lowest BCUT2D eigenvalue weighted by atomic mass is 9.79. The van der Waals surface area contributed by atoms with E-state index >= 15 is 0 Å². The molecule has 1 aromatic heterocycles. The number of benzene rings is 1. The van der Waals surface area contributed by atoms with Gasteiger partial charge in [0.1, 0.15) is 11.5 Å². The summed E-state index contributed by atoms with van der Waals surface area (Å²) in [5.41, 5.74) is 0.00726. The predicted octanol–water partition coefficient (Wildman–Crippen LogP) is 3.83. The fourth-order valence-corrected chi connectivity index (χ4v) is 2.53. The third-order valence-corrected chi connectivity index (χ3v) is 4.69. The van der Waals surface area contributed by atoms with Crippen LogP contribution in [0.1, 0.15) is 27.7 Å². The number of ether oxygens (including phenoxy) is 1. The predicted molar refractivity (Wildman–Crippen MR) is 91.5 cm³/mol. The number of rotatable bonds is 3. The maximum absolute atomic E-state index is 6.41. The molecule has 0 unspecified atom stereocenters. The first-order chi connectivity index (χ1) is 10.8. The Kier molecular flexibility index (Phi) is 4.13. The molecule has 2 heterocycles. The molecule has 6 heteroatoms. The molecule has 0 amide bonds. The second kappa shape index (κ2) is 5.82. The van der Waals surface area contributed by atoms with E-state index in [1.54, 1.807) is 30.6 Å². The minimum Gasteiger partial charge on any atom is -0.457 e. The number of aromatic nitrogens is 1. The summed E-state index contributed by atoms with van der Waals surface area (Å²) >= 11 is 6.41. The Morgan fingerprint density at radius 1 is 0.957 bits per heavy atom. The summed E-state index contributed by atoms with van der Waals surface area (Å²) in [6.45, 7) is 8.06. The zero-order valence-electron chi connectivity index (χ0n) is 13.7. The molecule has 1 aliphatic heterocycles. The highest BCUT2D eigenvalue weighted by atomic mass is 35.5. The van der Waals surface area contributed by atoms with Crippen LogP contribution in [0.5, 0.6) is 11.5 Å². The molecule has 1 saturated heterocycles. The van der Waals surface area contributed by atoms with Crippen LogP contribution in [0.4, 0.5) is 0 Å². The summed E-state index contributed by atoms with van der Waals surface area (Å²) in [6, 6.07) is 9.07. The highest BCUT2D eigenvalue weighted by molar-refractivity contribution is 6.65. The van der Waals surface area contributed by atoms with Crippen LogP contribution in [0.3, 0.4) is 0 Å². The van der Waals surface area contributed by atoms with Gasteiger partial charge in [-0.25, -0.2) is 0 Å². The van der Waals surface area contributed by atoms with E-state index in [-0.39, 0.29) is 0 Å². The SMILES string of the molecule is CC1(C)OB(c2ccc(Oc3ccncc3)cc2Cl)OC1(C)C. The molecule has 4 nitrogen and oxygen atoms in total. The summed E-state index contributed by atoms with van der Waals surface area (Å²) in [5.74, 6) is 1.36. The molecule has 0 bridgehead atoms. The van der Waals surface area contributed by atoms with Crippen LogP contribution in [-0.4, -0.2) is 23.3 Å². The lowest BCUT2D eigenvalue weighted by Gasteiger charge is -2.32. The normalized spacial score (nSPS) is 18.9. The molecule has 1 aliphatic rings. The Labute approximate surface area is 141 Å². The van der Waals surface area contributed by atoms with Crippen molar-refractivity contribution in [3.05, 3.63) is 47.7 Å². The zero-order chi connectivity index (χ0) is 16.7. The molecule has 120 valence electrons. The molecule has 0 spiro atoms. The van der Waals surface area contributed by atoms with Crippen molar-refractivity contribution in [2.75, 3.05) is 0 Å². The van der Waals surface area contributed by atoms with Gasteiger partial charge < -0.3 is 14.0 Å². The molecule has 1 fully saturated rings. The molecule has 0 radical (unpaired) electrons. The minimum absolute atomic E-state index is 0.396. The van der Waals surface area contributed by atoms with Crippen LogP contribution < -0.4 is 10.2 Å². The Morgan fingerprint density at radius 2 is 1.57 bits per heavy atom. The van der Waals surface area contributed by atoms with Crippen molar-refractivity contribution in [2.45, 2.75) is 38.9 Å². The maximum atomic E-state index is 6.41. The molecule has 1 aromatic carbocycles. The second-order valence-electron chi connectivity index (χ2n) is 6.56. The van der Waals surface area contributed by atoms with Gasteiger partial charge in [-0.2, -0.15) is 0 Å². The number of pyridine rings is 1. The largest absolute Gasteiger partial charge is 0.496 e. The van der Waals surface area contributed by atoms with Crippen molar-refractivity contribution in [1.82, 2.24) is 4.98 Å². The molecule has 0 atom stereocenters. The first kappa shape index (κ1) is 16.3. The Balaban J connectivity index is 1.81. The van der Waals surface area contributed by atoms with Gasteiger partial charge in [0.15, 0.2) is 0 Å². The van der Waals surface area contributed by atoms with E-state index in [1.807, 2.05) is 39.8 Å². The highest BCUT2D eigenvalue weighted by Crippen LogP contribution is 2.37. The summed E-state index contributed by atoms with van der Waals surface area (Å²) in [7, 11) is -0.484. The topological polar surface area (TPSA) is 40.6 Å². The van der Waals surface area contributed by atoms with Gasteiger partial charge in [-0.15, -0.1) is 0 Å². The molecule has 0 saturated carbocycles. The molecular weight excluding hydrogens is 312 g/mol. The third-order valence-electron chi connectivity index (χ3n) is 4.36. The summed E-state index contributed by atoms with van der Waals surface area (Å²) in [6.07, 6.45) is 3.35. The van der Waals surface area contributed by atoms with Crippen molar-refractivity contribution in [3.8, 4) is 11.5 Å². The van der Waals surface area contributed by atoms with E-state index in [4.69, 9.17) is 25.6 Å². The first-order valence-corrected chi connectivity index (χ1v) is 7.89. The standard InChI is InChI=1S/C17H19BClNO3/c1-16(2)17(3,4)23-18(22-16)14-6-5-13(11-15(14)19)21-12-7-9-20-10-8-12/h5-11H,1-4H3. The molecule has 23 heavy (non-hydrogen) atoms. The maximum Gasteiger partial charge on any atom is 0.496 e. The molecule has 0 aliphatic carbocycles. The van der Waals surface area contributed by atoms with Crippen LogP contribution in [-0.2, 0) is 9.31 Å². The monoisotopic (exact) mass is 331 g/mol. The number of nitrogens with zero attached hydrogens (tertiary/aromatic N) is 1. The summed E-state index contributed by atoms with van der Waals surface area (Å²) in [4.78, 5) is 3.96. The molecule has 0 N–H and O–H groups in total. The van der Waals surface area contributed by atoms with E-state index in [1.165, 1.54) is 0 Å². The van der Waals surface area contributed by atoms with Gasteiger partial charge in [-0.3, -0.25) is 4.98 Å². The van der Waals surface area contributed by atoms with Gasteiger partial charge in [-0.1, -0.05) is 17.7 Å². The van der Waals surface area contributed by atoms with Gasteiger partial charge in [-0.05, 0) is 52.0 Å². The van der Waals surface area contributed by atoms with E-state index in [2.05, 4.69) is 4.98 Å². The van der Waals surface area contributed by atoms with Crippen LogP contribution in [0, 0.1) is 0 Å². The van der Waals surface area contributed by atoms with E-state index < -0.39 is 18.3 Å². The van der Waals surface area contributed by atoms with Crippen LogP contribution in [0.25, 0.3) is 0 Å². The van der Waals surface area contributed by atoms with Crippen molar-refractivity contribution >= 4 is 24.2 Å². The Morgan fingerprint density at radius 3 is 2.13 bits per heavy atom. The van der Waals surface area contributed by atoms with E-state index in [0.717, 1.165) is 5.46 Å². The number of hydrogen-bond acceptors (Lipinski definition) is 4. The highest BCUT2D eigenvalue weighted by Gasteiger charge is 2.52. The van der Waals surface area contributed by atoms with Gasteiger partial charge >= 0.3 is 7.12 Å². The summed E-state index contributed by atoms with van der Waals surface area (Å²) < 4.78 is 17.8. The number of hydrogen-bond donors (Lipinski definition) is 0. The third kappa shape index (κ3) is 3.22. The molecule has 3 rings (SSSR count). The van der Waals surface area contributed by atoms with Crippen LogP contribution >= 0.6 is 11.6 Å². The average Bonchev–Trinajstić information content (AvgIpc) is 2.68. The fraction of sp³-hybridized carbons (Fsp3) is 0.353. The van der Waals surface area contributed by atoms with Gasteiger partial charge in [0, 0.05) is 22.9 Å². The van der Waals surface area contributed by atoms with Crippen LogP contribution in [0.15, 0.2) is 42.7 Å². The number of halogens is 1. The van der Waals surface area contributed by atoms with Gasteiger partial charge in [0.05, 0.1) is 11.2 Å². The lowest BCUT2D eigenvalue weighted by Crippen LogP contribution is -2.41. The summed E-state index contributed by atoms with van der Waals surface area (Å²) in [5, 5.41) is 0.551. The van der Waals surface area contributed by atoms with Crippen molar-refractivity contribution in [1.29, 1.82) is 0 Å². The second-order valence-corrected chi connectivity index (χ2v) is 6.96. The van der Waals surface area contributed by atoms with E-state index in [0.29, 0.717) is 16.5 Å². The zero-order valence-corrected chi connectivity index (χ0v) is 14.4. The first-order valence-electron chi connectivity index (χ1n) is 7.51. The quantitative estimate of drug-likeness (QED) is 0.802. The minimum atomic E-state index is -0.484.